The van der Waals surface area contributed by atoms with E-state index in [0.29, 0.717) is 10.8 Å². The Morgan fingerprint density at radius 2 is 2.10 bits per heavy atom. The molecule has 0 saturated carbocycles. The van der Waals surface area contributed by atoms with E-state index in [1.165, 1.54) is 10.9 Å². The number of nitrogens with one attached hydrogen (secondary N) is 1. The number of nitriles is 1. The highest BCUT2D eigenvalue weighted by Crippen LogP contribution is 2.39. The van der Waals surface area contributed by atoms with Gasteiger partial charge in [0.2, 0.25) is 0 Å². The molecule has 0 saturated heterocycles. The van der Waals surface area contributed by atoms with Crippen molar-refractivity contribution in [2.45, 2.75) is 24.9 Å². The summed E-state index contributed by atoms with van der Waals surface area (Å²) < 4.78 is 27.7. The monoisotopic (exact) mass is 308 g/mol. The summed E-state index contributed by atoms with van der Waals surface area (Å²) in [5.41, 5.74) is 1.11. The minimum Gasteiger partial charge on any atom is -0.362 e. The molecule has 0 spiro atoms. The molecule has 0 amide bonds. The molecule has 7 heteroatoms. The van der Waals surface area contributed by atoms with E-state index >= 15 is 0 Å². The molecule has 1 N–H and O–H groups in total. The molecule has 0 radical (unpaired) electrons. The van der Waals surface area contributed by atoms with Gasteiger partial charge in [-0.1, -0.05) is 23.7 Å². The van der Waals surface area contributed by atoms with Gasteiger partial charge in [0.15, 0.2) is 0 Å². The molecule has 1 aliphatic heterocycles. The standard InChI is InChI=1S/C14H11ClF2N4/c15-10-3-1-8(2-4-10)11-5-12(13(16)17)21-14(20-11)9(6-18)7-19-21/h1-4,7,11-13,20H,5H2. The van der Waals surface area contributed by atoms with Crippen molar-refractivity contribution in [3.63, 3.8) is 0 Å². The Morgan fingerprint density at radius 1 is 1.38 bits per heavy atom. The number of benzene rings is 1. The summed E-state index contributed by atoms with van der Waals surface area (Å²) in [4.78, 5) is 0. The van der Waals surface area contributed by atoms with E-state index in [1.54, 1.807) is 24.3 Å². The number of hydrogen-bond acceptors (Lipinski definition) is 3. The van der Waals surface area contributed by atoms with Crippen LogP contribution in [0.25, 0.3) is 0 Å². The number of anilines is 1. The Hall–Kier alpha value is -2.13. The van der Waals surface area contributed by atoms with Crippen LogP contribution in [0.15, 0.2) is 30.5 Å². The molecule has 108 valence electrons. The van der Waals surface area contributed by atoms with Gasteiger partial charge in [0.25, 0.3) is 6.43 Å². The quantitative estimate of drug-likeness (QED) is 0.918. The Kier molecular flexibility index (Phi) is 3.52. The number of fused-ring (bicyclic) bond motifs is 1. The van der Waals surface area contributed by atoms with E-state index < -0.39 is 12.5 Å². The summed E-state index contributed by atoms with van der Waals surface area (Å²) in [7, 11) is 0. The van der Waals surface area contributed by atoms with Crippen LogP contribution in [-0.2, 0) is 0 Å². The van der Waals surface area contributed by atoms with Crippen LogP contribution >= 0.6 is 11.6 Å². The maximum Gasteiger partial charge on any atom is 0.260 e. The fourth-order valence-electron chi connectivity index (χ4n) is 2.53. The molecule has 3 rings (SSSR count). The van der Waals surface area contributed by atoms with Crippen LogP contribution in [0.2, 0.25) is 5.02 Å². The second kappa shape index (κ2) is 5.34. The van der Waals surface area contributed by atoms with E-state index in [4.69, 9.17) is 16.9 Å². The highest BCUT2D eigenvalue weighted by atomic mass is 35.5. The van der Waals surface area contributed by atoms with Crippen molar-refractivity contribution in [1.82, 2.24) is 9.78 Å². The van der Waals surface area contributed by atoms with Crippen LogP contribution in [-0.4, -0.2) is 16.2 Å². The van der Waals surface area contributed by atoms with E-state index in [9.17, 15) is 8.78 Å². The minimum absolute atomic E-state index is 0.193. The normalized spacial score (nSPS) is 20.7. The van der Waals surface area contributed by atoms with Gasteiger partial charge in [-0.25, -0.2) is 13.5 Å². The van der Waals surface area contributed by atoms with Gasteiger partial charge in [-0.3, -0.25) is 0 Å². The molecule has 2 aromatic rings. The number of aromatic nitrogens is 2. The third kappa shape index (κ3) is 2.45. The molecule has 2 atom stereocenters. The lowest BCUT2D eigenvalue weighted by molar-refractivity contribution is 0.0658. The van der Waals surface area contributed by atoms with Gasteiger partial charge in [0.05, 0.1) is 12.2 Å². The number of halogens is 3. The lowest BCUT2D eigenvalue weighted by atomic mass is 9.97. The molecule has 4 nitrogen and oxygen atoms in total. The van der Waals surface area contributed by atoms with Crippen molar-refractivity contribution in [3.8, 4) is 6.07 Å². The van der Waals surface area contributed by atoms with Crippen molar-refractivity contribution in [1.29, 1.82) is 5.26 Å². The number of rotatable bonds is 2. The van der Waals surface area contributed by atoms with Crippen LogP contribution in [0.3, 0.4) is 0 Å². The summed E-state index contributed by atoms with van der Waals surface area (Å²) in [5, 5.41) is 16.7. The highest BCUT2D eigenvalue weighted by Gasteiger charge is 2.35. The van der Waals surface area contributed by atoms with Crippen molar-refractivity contribution >= 4 is 17.4 Å². The largest absolute Gasteiger partial charge is 0.362 e. The van der Waals surface area contributed by atoms with Crippen molar-refractivity contribution in [2.24, 2.45) is 0 Å². The predicted molar refractivity (Wildman–Crippen MR) is 74.4 cm³/mol. The number of hydrogen-bond donors (Lipinski definition) is 1. The molecule has 1 aromatic heterocycles. The fraction of sp³-hybridized carbons (Fsp3) is 0.286. The van der Waals surface area contributed by atoms with Crippen LogP contribution < -0.4 is 5.32 Å². The molecule has 0 fully saturated rings. The molecule has 0 aliphatic carbocycles. The molecule has 21 heavy (non-hydrogen) atoms. The number of nitrogens with zero attached hydrogens (tertiary/aromatic N) is 3. The van der Waals surface area contributed by atoms with Crippen molar-refractivity contribution < 1.29 is 8.78 Å². The highest BCUT2D eigenvalue weighted by molar-refractivity contribution is 6.30. The van der Waals surface area contributed by atoms with Gasteiger partial charge < -0.3 is 5.32 Å². The predicted octanol–water partition coefficient (Wildman–Crippen LogP) is 3.77. The van der Waals surface area contributed by atoms with Gasteiger partial charge in [-0.2, -0.15) is 10.4 Å². The van der Waals surface area contributed by atoms with Crippen LogP contribution in [0, 0.1) is 11.3 Å². The second-order valence-electron chi connectivity index (χ2n) is 4.85. The zero-order valence-corrected chi connectivity index (χ0v) is 11.6. The topological polar surface area (TPSA) is 53.6 Å². The van der Waals surface area contributed by atoms with Crippen LogP contribution in [0.5, 0.6) is 0 Å². The Morgan fingerprint density at radius 3 is 2.71 bits per heavy atom. The second-order valence-corrected chi connectivity index (χ2v) is 5.29. The summed E-state index contributed by atoms with van der Waals surface area (Å²) in [6.07, 6.45) is -1.05. The van der Waals surface area contributed by atoms with E-state index in [-0.39, 0.29) is 18.0 Å². The molecule has 2 unspecified atom stereocenters. The van der Waals surface area contributed by atoms with Gasteiger partial charge in [-0.15, -0.1) is 0 Å². The Bertz CT molecular complexity index is 690. The summed E-state index contributed by atoms with van der Waals surface area (Å²) in [6.45, 7) is 0. The lowest BCUT2D eigenvalue weighted by Crippen LogP contribution is -2.31. The molecular weight excluding hydrogens is 298 g/mol. The fourth-order valence-corrected chi connectivity index (χ4v) is 2.65. The maximum absolute atomic E-state index is 13.3. The van der Waals surface area contributed by atoms with E-state index in [2.05, 4.69) is 10.4 Å². The Balaban J connectivity index is 2.00. The first-order valence-corrected chi connectivity index (χ1v) is 6.75. The molecule has 0 bridgehead atoms. The minimum atomic E-state index is -2.55. The Labute approximate surface area is 124 Å². The van der Waals surface area contributed by atoms with Gasteiger partial charge in [0, 0.05) is 5.02 Å². The van der Waals surface area contributed by atoms with Crippen LogP contribution in [0.4, 0.5) is 14.6 Å². The maximum atomic E-state index is 13.3. The van der Waals surface area contributed by atoms with Crippen LogP contribution in [0.1, 0.15) is 29.6 Å². The third-order valence-corrected chi connectivity index (χ3v) is 3.83. The van der Waals surface area contributed by atoms with Crippen molar-refractivity contribution in [3.05, 3.63) is 46.6 Å². The first-order valence-electron chi connectivity index (χ1n) is 6.38. The molecular formula is C14H11ClF2N4. The van der Waals surface area contributed by atoms with E-state index in [0.717, 1.165) is 5.56 Å². The SMILES string of the molecule is N#Cc1cnn2c1NC(c1ccc(Cl)cc1)CC2C(F)F. The average molecular weight is 309 g/mol. The molecule has 1 aromatic carbocycles. The van der Waals surface area contributed by atoms with Gasteiger partial charge in [-0.05, 0) is 24.1 Å². The molecule has 2 heterocycles. The zero-order valence-electron chi connectivity index (χ0n) is 10.8. The summed E-state index contributed by atoms with van der Waals surface area (Å²) in [5.74, 6) is 0.342. The van der Waals surface area contributed by atoms with Crippen molar-refractivity contribution in [2.75, 3.05) is 5.32 Å². The van der Waals surface area contributed by atoms with Gasteiger partial charge in [0.1, 0.15) is 23.5 Å². The molecule has 1 aliphatic rings. The zero-order chi connectivity index (χ0) is 15.0. The smallest absolute Gasteiger partial charge is 0.260 e. The van der Waals surface area contributed by atoms with E-state index in [1.807, 2.05) is 6.07 Å². The number of alkyl halides is 2. The summed E-state index contributed by atoms with van der Waals surface area (Å²) in [6, 6.07) is 7.62. The average Bonchev–Trinajstić information content (AvgIpc) is 2.89. The first kappa shape index (κ1) is 13.8. The lowest BCUT2D eigenvalue weighted by Gasteiger charge is -2.32. The first-order chi connectivity index (χ1) is 10.1. The van der Waals surface area contributed by atoms with Gasteiger partial charge >= 0.3 is 0 Å². The summed E-state index contributed by atoms with van der Waals surface area (Å²) >= 11 is 5.84. The third-order valence-electron chi connectivity index (χ3n) is 3.58.